The maximum absolute atomic E-state index is 14.1. The summed E-state index contributed by atoms with van der Waals surface area (Å²) >= 11 is 6.66. The molecule has 1 N–H and O–H groups in total. The van der Waals surface area contributed by atoms with Crippen LogP contribution in [0.2, 0.25) is 0 Å². The molecule has 0 radical (unpaired) electrons. The number of allylic oxidation sites excluding steroid dienone is 1. The highest BCUT2D eigenvalue weighted by molar-refractivity contribution is 6.22. The Morgan fingerprint density at radius 2 is 1.89 bits per heavy atom. The molecule has 2 aromatic carbocycles. The SMILES string of the molecule is C[C@H]1C=C[C@@H](Cl)[C@H]2CN1C(=O)c1c(OCc3ccccc3)c(=O)c(C(=O)NCc3ccc(F)cc3F)cn12. The molecule has 2 aliphatic heterocycles. The largest absolute Gasteiger partial charge is 0.483 e. The Labute approximate surface area is 222 Å². The Morgan fingerprint density at radius 1 is 1.13 bits per heavy atom. The number of benzene rings is 2. The third-order valence-corrected chi connectivity index (χ3v) is 7.19. The quantitative estimate of drug-likeness (QED) is 0.376. The fraction of sp³-hybridized carbons (Fsp3) is 0.250. The molecule has 3 aromatic rings. The van der Waals surface area contributed by atoms with Crippen LogP contribution in [0.3, 0.4) is 0 Å². The van der Waals surface area contributed by atoms with Crippen molar-refractivity contribution in [1.29, 1.82) is 0 Å². The number of pyridine rings is 1. The lowest BCUT2D eigenvalue weighted by Gasteiger charge is -2.38. The third kappa shape index (κ3) is 4.81. The van der Waals surface area contributed by atoms with Gasteiger partial charge in [-0.15, -0.1) is 11.6 Å². The van der Waals surface area contributed by atoms with E-state index in [9.17, 15) is 23.2 Å². The van der Waals surface area contributed by atoms with Gasteiger partial charge in [0.25, 0.3) is 11.8 Å². The Bertz CT molecular complexity index is 1490. The second-order valence-electron chi connectivity index (χ2n) is 9.24. The first-order valence-corrected chi connectivity index (χ1v) is 12.5. The van der Waals surface area contributed by atoms with Crippen LogP contribution in [-0.4, -0.2) is 39.2 Å². The zero-order valence-electron chi connectivity index (χ0n) is 20.4. The molecule has 2 aliphatic rings. The molecule has 1 aromatic heterocycles. The third-order valence-electron chi connectivity index (χ3n) is 6.75. The average molecular weight is 540 g/mol. The van der Waals surface area contributed by atoms with Crippen LogP contribution in [-0.2, 0) is 13.2 Å². The first-order valence-electron chi connectivity index (χ1n) is 12.1. The van der Waals surface area contributed by atoms with Crippen molar-refractivity contribution in [2.45, 2.75) is 37.5 Å². The number of nitrogens with zero attached hydrogens (tertiary/aromatic N) is 2. The van der Waals surface area contributed by atoms with Gasteiger partial charge >= 0.3 is 0 Å². The normalized spacial score (nSPS) is 20.1. The number of ether oxygens (including phenoxy) is 1. The Kier molecular flexibility index (Phi) is 7.03. The number of carbonyl (C=O) groups excluding carboxylic acids is 2. The van der Waals surface area contributed by atoms with Gasteiger partial charge in [0, 0.05) is 37.0 Å². The molecule has 38 heavy (non-hydrogen) atoms. The predicted molar refractivity (Wildman–Crippen MR) is 137 cm³/mol. The second kappa shape index (κ2) is 10.4. The lowest BCUT2D eigenvalue weighted by Crippen LogP contribution is -2.49. The molecule has 0 unspecified atom stereocenters. The zero-order chi connectivity index (χ0) is 27.0. The van der Waals surface area contributed by atoms with Crippen LogP contribution in [0.5, 0.6) is 5.75 Å². The second-order valence-corrected chi connectivity index (χ2v) is 9.75. The molecule has 7 nitrogen and oxygen atoms in total. The fourth-order valence-corrected chi connectivity index (χ4v) is 4.94. The lowest BCUT2D eigenvalue weighted by atomic mass is 10.0. The molecular weight excluding hydrogens is 516 g/mol. The van der Waals surface area contributed by atoms with E-state index in [0.717, 1.165) is 11.6 Å². The number of hydrogen-bond donors (Lipinski definition) is 1. The summed E-state index contributed by atoms with van der Waals surface area (Å²) in [6.07, 6.45) is 4.93. The van der Waals surface area contributed by atoms with Crippen LogP contribution in [0.1, 0.15) is 44.9 Å². The lowest BCUT2D eigenvalue weighted by molar-refractivity contribution is 0.0628. The minimum absolute atomic E-state index is 0.00893. The zero-order valence-corrected chi connectivity index (χ0v) is 21.1. The highest BCUT2D eigenvalue weighted by atomic mass is 35.5. The van der Waals surface area contributed by atoms with Gasteiger partial charge in [-0.3, -0.25) is 14.4 Å². The monoisotopic (exact) mass is 539 g/mol. The molecule has 196 valence electrons. The molecular formula is C28H24ClF2N3O4. The van der Waals surface area contributed by atoms with Crippen LogP contribution >= 0.6 is 11.6 Å². The smallest absolute Gasteiger partial charge is 0.275 e. The molecule has 10 heteroatoms. The van der Waals surface area contributed by atoms with Gasteiger partial charge in [0.2, 0.25) is 5.43 Å². The van der Waals surface area contributed by atoms with Crippen molar-refractivity contribution in [3.63, 3.8) is 0 Å². The number of hydrogen-bond acceptors (Lipinski definition) is 4. The minimum atomic E-state index is -0.825. The molecule has 0 saturated carbocycles. The van der Waals surface area contributed by atoms with E-state index in [1.165, 1.54) is 16.8 Å². The minimum Gasteiger partial charge on any atom is -0.483 e. The van der Waals surface area contributed by atoms with Gasteiger partial charge in [0.1, 0.15) is 23.8 Å². The van der Waals surface area contributed by atoms with Crippen LogP contribution in [0.4, 0.5) is 8.78 Å². The summed E-state index contributed by atoms with van der Waals surface area (Å²) in [5, 5.41) is 1.98. The van der Waals surface area contributed by atoms with Crippen molar-refractivity contribution >= 4 is 23.4 Å². The summed E-state index contributed by atoms with van der Waals surface area (Å²) in [5.74, 6) is -3.03. The molecule has 0 fully saturated rings. The van der Waals surface area contributed by atoms with Crippen molar-refractivity contribution in [3.8, 4) is 5.75 Å². The van der Waals surface area contributed by atoms with Gasteiger partial charge in [-0.2, -0.15) is 0 Å². The van der Waals surface area contributed by atoms with Gasteiger partial charge in [0.05, 0.1) is 11.4 Å². The maximum atomic E-state index is 14.1. The van der Waals surface area contributed by atoms with Crippen LogP contribution < -0.4 is 15.5 Å². The highest BCUT2D eigenvalue weighted by Gasteiger charge is 2.41. The van der Waals surface area contributed by atoms with E-state index in [1.54, 1.807) is 11.0 Å². The van der Waals surface area contributed by atoms with E-state index in [2.05, 4.69) is 5.32 Å². The summed E-state index contributed by atoms with van der Waals surface area (Å²) < 4.78 is 34.8. The van der Waals surface area contributed by atoms with Crippen molar-refractivity contribution in [2.24, 2.45) is 0 Å². The summed E-state index contributed by atoms with van der Waals surface area (Å²) in [6.45, 7) is 1.85. The Balaban J connectivity index is 1.56. The average Bonchev–Trinajstić information content (AvgIpc) is 3.03. The van der Waals surface area contributed by atoms with E-state index in [-0.39, 0.29) is 48.3 Å². The number of nitrogens with one attached hydrogen (secondary N) is 1. The molecule has 2 amide bonds. The fourth-order valence-electron chi connectivity index (χ4n) is 4.65. The van der Waals surface area contributed by atoms with Crippen LogP contribution in [0.15, 0.2) is 71.7 Å². The molecule has 3 atom stereocenters. The first-order chi connectivity index (χ1) is 18.2. The number of halogens is 3. The van der Waals surface area contributed by atoms with E-state index in [0.29, 0.717) is 6.07 Å². The number of carbonyl (C=O) groups is 2. The van der Waals surface area contributed by atoms with E-state index in [1.807, 2.05) is 43.3 Å². The van der Waals surface area contributed by atoms with Crippen molar-refractivity contribution in [1.82, 2.24) is 14.8 Å². The number of amides is 2. The summed E-state index contributed by atoms with van der Waals surface area (Å²) in [7, 11) is 0. The predicted octanol–water partition coefficient (Wildman–Crippen LogP) is 4.20. The van der Waals surface area contributed by atoms with E-state index in [4.69, 9.17) is 16.3 Å². The van der Waals surface area contributed by atoms with Crippen LogP contribution in [0, 0.1) is 11.6 Å². The molecule has 3 heterocycles. The molecule has 0 aliphatic carbocycles. The number of rotatable bonds is 6. The van der Waals surface area contributed by atoms with Crippen LogP contribution in [0.25, 0.3) is 0 Å². The van der Waals surface area contributed by atoms with Crippen molar-refractivity contribution in [3.05, 3.63) is 111 Å². The van der Waals surface area contributed by atoms with Gasteiger partial charge in [-0.25, -0.2) is 8.78 Å². The highest BCUT2D eigenvalue weighted by Crippen LogP contribution is 2.34. The summed E-state index contributed by atoms with van der Waals surface area (Å²) in [4.78, 5) is 42.0. The standard InChI is InChI=1S/C28H24ClF2N3O4/c1-16-7-10-21(29)23-14-33(16)28(37)24-26(38-15-17-5-3-2-4-6-17)25(35)20(13-34(23)24)27(36)32-12-18-8-9-19(30)11-22(18)31/h2-11,13,16,21,23H,12,14-15H2,1H3,(H,32,36)/t16-,21+,23+/m0/s1. The molecule has 5 rings (SSSR count). The molecule has 2 bridgehead atoms. The Hall–Kier alpha value is -3.98. The number of aromatic nitrogens is 1. The van der Waals surface area contributed by atoms with Gasteiger partial charge in [-0.1, -0.05) is 48.6 Å². The van der Waals surface area contributed by atoms with Crippen molar-refractivity contribution in [2.75, 3.05) is 6.54 Å². The molecule has 0 spiro atoms. The Morgan fingerprint density at radius 3 is 2.63 bits per heavy atom. The summed E-state index contributed by atoms with van der Waals surface area (Å²) in [6, 6.07) is 11.4. The van der Waals surface area contributed by atoms with Crippen molar-refractivity contribution < 1.29 is 23.1 Å². The number of alkyl halides is 1. The van der Waals surface area contributed by atoms with Gasteiger partial charge < -0.3 is 19.5 Å². The van der Waals surface area contributed by atoms with E-state index < -0.39 is 40.3 Å². The number of fused-ring (bicyclic) bond motifs is 4. The topological polar surface area (TPSA) is 80.6 Å². The maximum Gasteiger partial charge on any atom is 0.275 e. The summed E-state index contributed by atoms with van der Waals surface area (Å²) in [5.41, 5.74) is -0.231. The first kappa shape index (κ1) is 25.7. The van der Waals surface area contributed by atoms with Gasteiger partial charge in [-0.05, 0) is 18.6 Å². The van der Waals surface area contributed by atoms with E-state index >= 15 is 0 Å². The molecule has 0 saturated heterocycles. The van der Waals surface area contributed by atoms with Gasteiger partial charge in [0.15, 0.2) is 11.4 Å².